The lowest BCUT2D eigenvalue weighted by Crippen LogP contribution is -2.25. The highest BCUT2D eigenvalue weighted by Gasteiger charge is 2.17. The average Bonchev–Trinajstić information content (AvgIpc) is 2.32. The molecule has 1 aromatic rings. The van der Waals surface area contributed by atoms with E-state index in [2.05, 4.69) is 17.2 Å². The molecule has 1 aliphatic rings. The van der Waals surface area contributed by atoms with Crippen LogP contribution in [0.3, 0.4) is 0 Å². The maximum absolute atomic E-state index is 5.58. The summed E-state index contributed by atoms with van der Waals surface area (Å²) in [7, 11) is 0. The van der Waals surface area contributed by atoms with Crippen LogP contribution >= 0.6 is 12.2 Å². The standard InChI is InChI=1S/C13H19N3S/c1-9-2-4-10(5-3-9)16-11-6-7-15-12(8-11)13(14)17/h6-10H,2-5H2,1H3,(H2,14,17)(H,15,16). The molecule has 1 heterocycles. The van der Waals surface area contributed by atoms with E-state index in [1.54, 1.807) is 6.20 Å². The molecule has 0 radical (unpaired) electrons. The van der Waals surface area contributed by atoms with E-state index in [-0.39, 0.29) is 0 Å². The number of thiocarbonyl (C=S) groups is 1. The van der Waals surface area contributed by atoms with Crippen LogP contribution in [-0.4, -0.2) is 16.0 Å². The van der Waals surface area contributed by atoms with Crippen LogP contribution in [0, 0.1) is 5.92 Å². The fraction of sp³-hybridized carbons (Fsp3) is 0.538. The van der Waals surface area contributed by atoms with Crippen molar-refractivity contribution in [3.8, 4) is 0 Å². The van der Waals surface area contributed by atoms with Gasteiger partial charge in [0, 0.05) is 17.9 Å². The number of aromatic nitrogens is 1. The number of anilines is 1. The van der Waals surface area contributed by atoms with E-state index in [1.165, 1.54) is 25.7 Å². The fourth-order valence-electron chi connectivity index (χ4n) is 2.30. The molecule has 0 saturated heterocycles. The van der Waals surface area contributed by atoms with E-state index >= 15 is 0 Å². The second-order valence-corrected chi connectivity index (χ2v) is 5.33. The number of nitrogens with two attached hydrogens (primary N) is 1. The van der Waals surface area contributed by atoms with E-state index in [9.17, 15) is 0 Å². The number of pyridine rings is 1. The molecule has 3 nitrogen and oxygen atoms in total. The molecule has 92 valence electrons. The molecule has 0 unspecified atom stereocenters. The molecule has 17 heavy (non-hydrogen) atoms. The van der Waals surface area contributed by atoms with Crippen molar-refractivity contribution in [2.75, 3.05) is 5.32 Å². The predicted octanol–water partition coefficient (Wildman–Crippen LogP) is 2.71. The van der Waals surface area contributed by atoms with Crippen LogP contribution in [0.4, 0.5) is 5.69 Å². The smallest absolute Gasteiger partial charge is 0.122 e. The number of hydrogen-bond donors (Lipinski definition) is 2. The van der Waals surface area contributed by atoms with Gasteiger partial charge in [-0.1, -0.05) is 19.1 Å². The highest BCUT2D eigenvalue weighted by molar-refractivity contribution is 7.80. The second-order valence-electron chi connectivity index (χ2n) is 4.90. The Bertz CT molecular complexity index is 397. The molecule has 0 aliphatic heterocycles. The van der Waals surface area contributed by atoms with Gasteiger partial charge in [0.25, 0.3) is 0 Å². The molecule has 0 spiro atoms. The Morgan fingerprint density at radius 1 is 1.41 bits per heavy atom. The topological polar surface area (TPSA) is 50.9 Å². The molecular weight excluding hydrogens is 230 g/mol. The molecule has 0 aromatic carbocycles. The molecule has 0 amide bonds. The second kappa shape index (κ2) is 5.45. The number of hydrogen-bond acceptors (Lipinski definition) is 3. The summed E-state index contributed by atoms with van der Waals surface area (Å²) in [5.74, 6) is 0.873. The zero-order chi connectivity index (χ0) is 12.3. The average molecular weight is 249 g/mol. The fourth-order valence-corrected chi connectivity index (χ4v) is 2.41. The van der Waals surface area contributed by atoms with Gasteiger partial charge in [-0.3, -0.25) is 4.98 Å². The highest BCUT2D eigenvalue weighted by atomic mass is 32.1. The lowest BCUT2D eigenvalue weighted by Gasteiger charge is -2.27. The molecule has 0 atom stereocenters. The molecule has 1 aromatic heterocycles. The van der Waals surface area contributed by atoms with Gasteiger partial charge in [0.2, 0.25) is 0 Å². The van der Waals surface area contributed by atoms with Gasteiger partial charge in [0.1, 0.15) is 4.99 Å². The molecule has 2 rings (SSSR count). The maximum Gasteiger partial charge on any atom is 0.122 e. The van der Waals surface area contributed by atoms with Crippen molar-refractivity contribution in [1.82, 2.24) is 4.98 Å². The quantitative estimate of drug-likeness (QED) is 0.809. The minimum atomic E-state index is 0.353. The van der Waals surface area contributed by atoms with Crippen LogP contribution < -0.4 is 11.1 Å². The van der Waals surface area contributed by atoms with Crippen molar-refractivity contribution in [3.63, 3.8) is 0 Å². The summed E-state index contributed by atoms with van der Waals surface area (Å²) in [6.45, 7) is 2.33. The van der Waals surface area contributed by atoms with Gasteiger partial charge >= 0.3 is 0 Å². The van der Waals surface area contributed by atoms with Crippen molar-refractivity contribution < 1.29 is 0 Å². The van der Waals surface area contributed by atoms with Crippen LogP contribution in [0.15, 0.2) is 18.3 Å². The summed E-state index contributed by atoms with van der Waals surface area (Å²) in [6.07, 6.45) is 6.86. The molecule has 1 aliphatic carbocycles. The molecule has 1 fully saturated rings. The molecule has 0 bridgehead atoms. The minimum Gasteiger partial charge on any atom is -0.388 e. The van der Waals surface area contributed by atoms with E-state index in [0.717, 1.165) is 11.6 Å². The summed E-state index contributed by atoms with van der Waals surface area (Å²) >= 11 is 4.93. The monoisotopic (exact) mass is 249 g/mol. The first kappa shape index (κ1) is 12.3. The first-order valence-electron chi connectivity index (χ1n) is 6.17. The first-order chi connectivity index (χ1) is 8.15. The summed E-state index contributed by atoms with van der Waals surface area (Å²) in [6, 6.07) is 4.48. The van der Waals surface area contributed by atoms with E-state index < -0.39 is 0 Å². The van der Waals surface area contributed by atoms with E-state index in [0.29, 0.717) is 16.7 Å². The van der Waals surface area contributed by atoms with Crippen molar-refractivity contribution in [2.45, 2.75) is 38.6 Å². The highest BCUT2D eigenvalue weighted by Crippen LogP contribution is 2.25. The van der Waals surface area contributed by atoms with Crippen LogP contribution in [0.5, 0.6) is 0 Å². The van der Waals surface area contributed by atoms with E-state index in [4.69, 9.17) is 18.0 Å². The predicted molar refractivity (Wildman–Crippen MR) is 75.2 cm³/mol. The molecular formula is C13H19N3S. The minimum absolute atomic E-state index is 0.353. The Kier molecular flexibility index (Phi) is 3.94. The van der Waals surface area contributed by atoms with Crippen LogP contribution in [-0.2, 0) is 0 Å². The third-order valence-electron chi connectivity index (χ3n) is 3.40. The third-order valence-corrected chi connectivity index (χ3v) is 3.61. The van der Waals surface area contributed by atoms with Crippen LogP contribution in [0.2, 0.25) is 0 Å². The Labute approximate surface area is 108 Å². The Hall–Kier alpha value is -1.16. The summed E-state index contributed by atoms with van der Waals surface area (Å²) in [5, 5.41) is 3.54. The van der Waals surface area contributed by atoms with Gasteiger partial charge in [-0.15, -0.1) is 0 Å². The Morgan fingerprint density at radius 3 is 2.76 bits per heavy atom. The SMILES string of the molecule is CC1CCC(Nc2ccnc(C(N)=S)c2)CC1. The first-order valence-corrected chi connectivity index (χ1v) is 6.58. The molecule has 1 saturated carbocycles. The molecule has 3 N–H and O–H groups in total. The zero-order valence-corrected chi connectivity index (χ0v) is 11.0. The van der Waals surface area contributed by atoms with Gasteiger partial charge in [0.05, 0.1) is 5.69 Å². The van der Waals surface area contributed by atoms with Gasteiger partial charge in [-0.2, -0.15) is 0 Å². The van der Waals surface area contributed by atoms with Crippen LogP contribution in [0.1, 0.15) is 38.3 Å². The van der Waals surface area contributed by atoms with Crippen molar-refractivity contribution in [1.29, 1.82) is 0 Å². The van der Waals surface area contributed by atoms with Crippen molar-refractivity contribution in [3.05, 3.63) is 24.0 Å². The van der Waals surface area contributed by atoms with E-state index in [1.807, 2.05) is 12.1 Å². The van der Waals surface area contributed by atoms with Gasteiger partial charge < -0.3 is 11.1 Å². The van der Waals surface area contributed by atoms with Crippen LogP contribution in [0.25, 0.3) is 0 Å². The molecule has 4 heteroatoms. The summed E-state index contributed by atoms with van der Waals surface area (Å²) < 4.78 is 0. The summed E-state index contributed by atoms with van der Waals surface area (Å²) in [5.41, 5.74) is 7.34. The number of nitrogens with zero attached hydrogens (tertiary/aromatic N) is 1. The Morgan fingerprint density at radius 2 is 2.12 bits per heavy atom. The largest absolute Gasteiger partial charge is 0.388 e. The maximum atomic E-state index is 5.58. The normalized spacial score (nSPS) is 24.3. The van der Waals surface area contributed by atoms with Crippen molar-refractivity contribution in [2.24, 2.45) is 11.7 Å². The lowest BCUT2D eigenvalue weighted by atomic mass is 9.87. The zero-order valence-electron chi connectivity index (χ0n) is 10.1. The van der Waals surface area contributed by atoms with Gasteiger partial charge in [0.15, 0.2) is 0 Å². The van der Waals surface area contributed by atoms with Crippen molar-refractivity contribution >= 4 is 22.9 Å². The lowest BCUT2D eigenvalue weighted by molar-refractivity contribution is 0.361. The summed E-state index contributed by atoms with van der Waals surface area (Å²) in [4.78, 5) is 4.49. The Balaban J connectivity index is 1.98. The van der Waals surface area contributed by atoms with Gasteiger partial charge in [-0.25, -0.2) is 0 Å². The van der Waals surface area contributed by atoms with Gasteiger partial charge in [-0.05, 0) is 43.7 Å². The number of rotatable bonds is 3. The number of nitrogens with one attached hydrogen (secondary N) is 1. The third kappa shape index (κ3) is 3.40.